The van der Waals surface area contributed by atoms with Gasteiger partial charge in [0.25, 0.3) is 0 Å². The summed E-state index contributed by atoms with van der Waals surface area (Å²) >= 11 is 0. The molecule has 2 aliphatic heterocycles. The lowest BCUT2D eigenvalue weighted by atomic mass is 9.76. The fraction of sp³-hybridized carbons (Fsp3) is 0.857. The number of amides is 2. The minimum atomic E-state index is -0.815. The van der Waals surface area contributed by atoms with Gasteiger partial charge in [-0.2, -0.15) is 0 Å². The van der Waals surface area contributed by atoms with Gasteiger partial charge in [0.1, 0.15) is 0 Å². The van der Waals surface area contributed by atoms with Gasteiger partial charge < -0.3 is 20.0 Å². The molecule has 2 rings (SSSR count). The number of hydrogen-bond acceptors (Lipinski definition) is 3. The quantitative estimate of drug-likeness (QED) is 0.792. The fourth-order valence-corrected chi connectivity index (χ4v) is 3.15. The van der Waals surface area contributed by atoms with Crippen LogP contribution < -0.4 is 0 Å². The van der Waals surface area contributed by atoms with Gasteiger partial charge in [-0.25, -0.2) is 4.79 Å². The normalized spacial score (nSPS) is 28.2. The van der Waals surface area contributed by atoms with Crippen LogP contribution in [-0.4, -0.2) is 64.3 Å². The monoisotopic (exact) mass is 284 g/mol. The number of rotatable bonds is 2. The summed E-state index contributed by atoms with van der Waals surface area (Å²) in [4.78, 5) is 27.4. The molecule has 2 heterocycles. The second kappa shape index (κ2) is 5.60. The molecule has 2 amide bonds. The van der Waals surface area contributed by atoms with E-state index in [-0.39, 0.29) is 24.6 Å². The number of aliphatic carboxylic acids is 1. The van der Waals surface area contributed by atoms with Crippen molar-refractivity contribution in [2.75, 3.05) is 26.2 Å². The van der Waals surface area contributed by atoms with E-state index in [1.54, 1.807) is 9.80 Å². The summed E-state index contributed by atoms with van der Waals surface area (Å²) in [5, 5.41) is 19.0. The molecule has 2 aliphatic rings. The van der Waals surface area contributed by atoms with Crippen molar-refractivity contribution in [3.05, 3.63) is 0 Å². The van der Waals surface area contributed by atoms with Gasteiger partial charge in [0, 0.05) is 26.2 Å². The summed E-state index contributed by atoms with van der Waals surface area (Å²) < 4.78 is 0. The smallest absolute Gasteiger partial charge is 0.320 e. The van der Waals surface area contributed by atoms with Crippen LogP contribution in [-0.2, 0) is 4.79 Å². The molecule has 6 nitrogen and oxygen atoms in total. The largest absolute Gasteiger partial charge is 0.481 e. The second-order valence-electron chi connectivity index (χ2n) is 6.29. The number of aliphatic hydroxyl groups is 1. The third-order valence-corrected chi connectivity index (χ3v) is 4.84. The molecule has 0 saturated carbocycles. The Morgan fingerprint density at radius 2 is 1.75 bits per heavy atom. The third kappa shape index (κ3) is 2.61. The van der Waals surface area contributed by atoms with E-state index in [1.165, 1.54) is 0 Å². The number of hydrogen-bond donors (Lipinski definition) is 2. The van der Waals surface area contributed by atoms with Crippen LogP contribution in [0.15, 0.2) is 0 Å². The number of urea groups is 1. The van der Waals surface area contributed by atoms with Gasteiger partial charge in [0.15, 0.2) is 0 Å². The highest BCUT2D eigenvalue weighted by molar-refractivity contribution is 5.80. The van der Waals surface area contributed by atoms with E-state index >= 15 is 0 Å². The number of nitrogens with zero attached hydrogens (tertiary/aromatic N) is 2. The molecule has 0 aliphatic carbocycles. The van der Waals surface area contributed by atoms with E-state index in [1.807, 2.05) is 13.8 Å². The second-order valence-corrected chi connectivity index (χ2v) is 6.29. The van der Waals surface area contributed by atoms with Crippen LogP contribution in [0.4, 0.5) is 4.79 Å². The molecule has 2 fully saturated rings. The first-order valence-corrected chi connectivity index (χ1v) is 7.32. The Labute approximate surface area is 119 Å². The Morgan fingerprint density at radius 1 is 1.15 bits per heavy atom. The van der Waals surface area contributed by atoms with Crippen molar-refractivity contribution in [1.82, 2.24) is 9.80 Å². The Bertz CT molecular complexity index is 391. The van der Waals surface area contributed by atoms with Gasteiger partial charge in [-0.3, -0.25) is 4.79 Å². The van der Waals surface area contributed by atoms with E-state index in [2.05, 4.69) is 0 Å². The van der Waals surface area contributed by atoms with E-state index < -0.39 is 11.4 Å². The molecule has 20 heavy (non-hydrogen) atoms. The molecule has 1 unspecified atom stereocenters. The Kier molecular flexibility index (Phi) is 4.22. The summed E-state index contributed by atoms with van der Waals surface area (Å²) in [5.74, 6) is -0.808. The maximum atomic E-state index is 12.4. The highest BCUT2D eigenvalue weighted by Gasteiger charge is 2.49. The van der Waals surface area contributed by atoms with Crippen molar-refractivity contribution in [3.8, 4) is 0 Å². The van der Waals surface area contributed by atoms with Crippen molar-refractivity contribution in [1.29, 1.82) is 0 Å². The van der Waals surface area contributed by atoms with Crippen molar-refractivity contribution in [2.24, 2.45) is 11.3 Å². The summed E-state index contributed by atoms with van der Waals surface area (Å²) in [6.45, 7) is 5.70. The van der Waals surface area contributed by atoms with Gasteiger partial charge in [-0.1, -0.05) is 13.8 Å². The van der Waals surface area contributed by atoms with E-state index in [4.69, 9.17) is 0 Å². The minimum absolute atomic E-state index is 0.000906. The molecule has 0 aromatic rings. The molecular weight excluding hydrogens is 260 g/mol. The first-order valence-electron chi connectivity index (χ1n) is 7.32. The van der Waals surface area contributed by atoms with Crippen LogP contribution in [0.2, 0.25) is 0 Å². The average molecular weight is 284 g/mol. The van der Waals surface area contributed by atoms with Crippen molar-refractivity contribution >= 4 is 12.0 Å². The van der Waals surface area contributed by atoms with E-state index in [0.717, 1.165) is 0 Å². The minimum Gasteiger partial charge on any atom is -0.481 e. The van der Waals surface area contributed by atoms with Crippen LogP contribution in [0, 0.1) is 11.3 Å². The number of aliphatic hydroxyl groups excluding tert-OH is 1. The number of piperidine rings is 1. The average Bonchev–Trinajstić information content (AvgIpc) is 2.85. The van der Waals surface area contributed by atoms with Crippen LogP contribution in [0.1, 0.15) is 33.1 Å². The zero-order chi connectivity index (χ0) is 14.9. The van der Waals surface area contributed by atoms with Gasteiger partial charge in [-0.15, -0.1) is 0 Å². The lowest BCUT2D eigenvalue weighted by Gasteiger charge is -2.34. The molecule has 0 aromatic heterocycles. The zero-order valence-electron chi connectivity index (χ0n) is 12.2. The summed E-state index contributed by atoms with van der Waals surface area (Å²) in [5.41, 5.74) is -0.815. The third-order valence-electron chi connectivity index (χ3n) is 4.84. The molecule has 114 valence electrons. The number of carboxylic acids is 1. The number of carbonyl (C=O) groups is 2. The first kappa shape index (κ1) is 15.1. The number of carboxylic acid groups (broad SMARTS) is 1. The lowest BCUT2D eigenvalue weighted by Crippen LogP contribution is -2.48. The SMILES string of the molecule is CC(C)C1(C(=O)O)CCN(C(=O)N2CCC(O)CC2)C1. The fourth-order valence-electron chi connectivity index (χ4n) is 3.15. The standard InChI is InChI=1S/C14H24N2O4/c1-10(2)14(12(18)19)5-8-16(9-14)13(20)15-6-3-11(17)4-7-15/h10-11,17H,3-9H2,1-2H3,(H,18,19). The topological polar surface area (TPSA) is 81.1 Å². The molecule has 6 heteroatoms. The maximum Gasteiger partial charge on any atom is 0.320 e. The van der Waals surface area contributed by atoms with Crippen LogP contribution >= 0.6 is 0 Å². The molecule has 0 radical (unpaired) electrons. The predicted octanol–water partition coefficient (Wildman–Crippen LogP) is 0.996. The molecule has 2 N–H and O–H groups in total. The van der Waals surface area contributed by atoms with Gasteiger partial charge in [0.05, 0.1) is 11.5 Å². The van der Waals surface area contributed by atoms with Crippen molar-refractivity contribution < 1.29 is 19.8 Å². The van der Waals surface area contributed by atoms with E-state index in [0.29, 0.717) is 38.9 Å². The molecule has 2 saturated heterocycles. The summed E-state index contributed by atoms with van der Waals surface area (Å²) in [6, 6.07) is -0.0827. The maximum absolute atomic E-state index is 12.4. The van der Waals surface area contributed by atoms with Gasteiger partial charge in [-0.05, 0) is 25.2 Å². The molecular formula is C14H24N2O4. The molecule has 0 aromatic carbocycles. The van der Waals surface area contributed by atoms with Gasteiger partial charge >= 0.3 is 12.0 Å². The highest BCUT2D eigenvalue weighted by atomic mass is 16.4. The van der Waals surface area contributed by atoms with Crippen LogP contribution in [0.5, 0.6) is 0 Å². The number of likely N-dealkylation sites (tertiary alicyclic amines) is 2. The van der Waals surface area contributed by atoms with Crippen LogP contribution in [0.25, 0.3) is 0 Å². The molecule has 1 atom stereocenters. The molecule has 0 bridgehead atoms. The van der Waals surface area contributed by atoms with Crippen molar-refractivity contribution in [3.63, 3.8) is 0 Å². The van der Waals surface area contributed by atoms with Gasteiger partial charge in [0.2, 0.25) is 0 Å². The van der Waals surface area contributed by atoms with Crippen LogP contribution in [0.3, 0.4) is 0 Å². The van der Waals surface area contributed by atoms with Crippen molar-refractivity contribution in [2.45, 2.75) is 39.2 Å². The Morgan fingerprint density at radius 3 is 2.20 bits per heavy atom. The predicted molar refractivity (Wildman–Crippen MR) is 73.3 cm³/mol. The highest BCUT2D eigenvalue weighted by Crippen LogP contribution is 2.38. The summed E-state index contributed by atoms with van der Waals surface area (Å²) in [7, 11) is 0. The lowest BCUT2D eigenvalue weighted by molar-refractivity contribution is -0.150. The Balaban J connectivity index is 2.01. The van der Waals surface area contributed by atoms with E-state index in [9.17, 15) is 19.8 Å². The Hall–Kier alpha value is -1.30. The first-order chi connectivity index (χ1) is 9.36. The molecule has 0 spiro atoms. The number of carbonyl (C=O) groups excluding carboxylic acids is 1. The summed E-state index contributed by atoms with van der Waals surface area (Å²) in [6.07, 6.45) is 1.41. The zero-order valence-corrected chi connectivity index (χ0v) is 12.2.